The standard InChI is InChI=1S/C13H21N.ClH/c1-4-13(3,5-2)12(14)11-9-7-6-8-10-11;/h6-10,12H,4-5,14H2,1-3H3;1H. The molecule has 0 spiro atoms. The van der Waals surface area contributed by atoms with Gasteiger partial charge in [-0.2, -0.15) is 0 Å². The van der Waals surface area contributed by atoms with Gasteiger partial charge < -0.3 is 5.73 Å². The predicted molar refractivity (Wildman–Crippen MR) is 69.3 cm³/mol. The second-order valence-corrected chi connectivity index (χ2v) is 4.25. The highest BCUT2D eigenvalue weighted by atomic mass is 35.5. The second-order valence-electron chi connectivity index (χ2n) is 4.25. The fourth-order valence-corrected chi connectivity index (χ4v) is 1.75. The Morgan fingerprint density at radius 3 is 2.00 bits per heavy atom. The van der Waals surface area contributed by atoms with E-state index in [4.69, 9.17) is 5.73 Å². The maximum Gasteiger partial charge on any atom is 0.0349 e. The summed E-state index contributed by atoms with van der Waals surface area (Å²) in [5.41, 5.74) is 7.77. The summed E-state index contributed by atoms with van der Waals surface area (Å²) in [6.45, 7) is 6.70. The Balaban J connectivity index is 0.00000196. The van der Waals surface area contributed by atoms with E-state index in [-0.39, 0.29) is 23.9 Å². The summed E-state index contributed by atoms with van der Waals surface area (Å²) < 4.78 is 0. The van der Waals surface area contributed by atoms with Crippen LogP contribution in [0.15, 0.2) is 30.3 Å². The van der Waals surface area contributed by atoms with Crippen molar-refractivity contribution in [3.63, 3.8) is 0 Å². The molecule has 1 aromatic carbocycles. The lowest BCUT2D eigenvalue weighted by molar-refractivity contribution is 0.234. The van der Waals surface area contributed by atoms with Gasteiger partial charge in [-0.1, -0.05) is 51.1 Å². The molecule has 0 aromatic heterocycles. The van der Waals surface area contributed by atoms with Gasteiger partial charge in [0.2, 0.25) is 0 Å². The topological polar surface area (TPSA) is 26.0 Å². The zero-order valence-electron chi connectivity index (χ0n) is 9.86. The van der Waals surface area contributed by atoms with Crippen LogP contribution in [0.25, 0.3) is 0 Å². The molecule has 1 unspecified atom stereocenters. The molecule has 0 saturated carbocycles. The first-order valence-electron chi connectivity index (χ1n) is 5.44. The summed E-state index contributed by atoms with van der Waals surface area (Å²) in [5, 5.41) is 0. The average Bonchev–Trinajstić information content (AvgIpc) is 2.28. The molecule has 15 heavy (non-hydrogen) atoms. The minimum atomic E-state index is 0. The van der Waals surface area contributed by atoms with Gasteiger partial charge in [0.15, 0.2) is 0 Å². The first kappa shape index (κ1) is 14.5. The van der Waals surface area contributed by atoms with Crippen LogP contribution in [0.4, 0.5) is 0 Å². The van der Waals surface area contributed by atoms with Crippen molar-refractivity contribution in [2.45, 2.75) is 39.7 Å². The van der Waals surface area contributed by atoms with Crippen molar-refractivity contribution in [3.8, 4) is 0 Å². The van der Waals surface area contributed by atoms with Crippen LogP contribution >= 0.6 is 12.4 Å². The Labute approximate surface area is 99.5 Å². The van der Waals surface area contributed by atoms with E-state index < -0.39 is 0 Å². The normalized spacial score (nSPS) is 13.1. The van der Waals surface area contributed by atoms with Crippen LogP contribution < -0.4 is 5.73 Å². The largest absolute Gasteiger partial charge is 0.323 e. The molecule has 2 N–H and O–H groups in total. The van der Waals surface area contributed by atoms with Crippen molar-refractivity contribution in [2.24, 2.45) is 11.1 Å². The van der Waals surface area contributed by atoms with Gasteiger partial charge in [-0.3, -0.25) is 0 Å². The van der Waals surface area contributed by atoms with Crippen molar-refractivity contribution in [3.05, 3.63) is 35.9 Å². The lowest BCUT2D eigenvalue weighted by atomic mass is 9.75. The van der Waals surface area contributed by atoms with Crippen LogP contribution in [0, 0.1) is 5.41 Å². The third kappa shape index (κ3) is 3.22. The molecule has 0 radical (unpaired) electrons. The first-order valence-corrected chi connectivity index (χ1v) is 5.44. The lowest BCUT2D eigenvalue weighted by Crippen LogP contribution is -2.30. The zero-order valence-corrected chi connectivity index (χ0v) is 10.7. The van der Waals surface area contributed by atoms with Crippen molar-refractivity contribution >= 4 is 12.4 Å². The molecule has 2 heteroatoms. The molecule has 0 aliphatic heterocycles. The quantitative estimate of drug-likeness (QED) is 0.829. The molecule has 0 fully saturated rings. The Kier molecular flexibility index (Phi) is 5.92. The first-order chi connectivity index (χ1) is 6.64. The number of hydrogen-bond acceptors (Lipinski definition) is 1. The Bertz CT molecular complexity index is 267. The van der Waals surface area contributed by atoms with Gasteiger partial charge in [-0.05, 0) is 23.8 Å². The minimum Gasteiger partial charge on any atom is -0.323 e. The zero-order chi connectivity index (χ0) is 10.6. The van der Waals surface area contributed by atoms with Crippen molar-refractivity contribution in [1.82, 2.24) is 0 Å². The lowest BCUT2D eigenvalue weighted by Gasteiger charge is -2.33. The molecule has 1 nitrogen and oxygen atoms in total. The fraction of sp³-hybridized carbons (Fsp3) is 0.538. The maximum absolute atomic E-state index is 6.29. The van der Waals surface area contributed by atoms with E-state index in [0.29, 0.717) is 0 Å². The molecule has 0 saturated heterocycles. The van der Waals surface area contributed by atoms with Gasteiger partial charge in [0.05, 0.1) is 0 Å². The Morgan fingerprint density at radius 2 is 1.60 bits per heavy atom. The van der Waals surface area contributed by atoms with E-state index >= 15 is 0 Å². The summed E-state index contributed by atoms with van der Waals surface area (Å²) in [4.78, 5) is 0. The molecular weight excluding hydrogens is 206 g/mol. The molecule has 0 aliphatic rings. The number of benzene rings is 1. The van der Waals surface area contributed by atoms with E-state index in [1.165, 1.54) is 5.56 Å². The smallest absolute Gasteiger partial charge is 0.0349 e. The van der Waals surface area contributed by atoms with Gasteiger partial charge in [0.25, 0.3) is 0 Å². The summed E-state index contributed by atoms with van der Waals surface area (Å²) in [6.07, 6.45) is 2.25. The number of hydrogen-bond donors (Lipinski definition) is 1. The molecule has 1 atom stereocenters. The molecule has 86 valence electrons. The van der Waals surface area contributed by atoms with E-state index in [0.717, 1.165) is 12.8 Å². The summed E-state index contributed by atoms with van der Waals surface area (Å²) in [7, 11) is 0. The summed E-state index contributed by atoms with van der Waals surface area (Å²) in [6, 6.07) is 10.5. The Hall–Kier alpha value is -0.530. The van der Waals surface area contributed by atoms with Crippen LogP contribution in [0.1, 0.15) is 45.2 Å². The SMILES string of the molecule is CCC(C)(CC)C(N)c1ccccc1.Cl. The highest BCUT2D eigenvalue weighted by Crippen LogP contribution is 2.37. The summed E-state index contributed by atoms with van der Waals surface area (Å²) in [5.74, 6) is 0. The molecule has 0 heterocycles. The number of rotatable bonds is 4. The number of halogens is 1. The second kappa shape index (κ2) is 6.14. The molecule has 1 rings (SSSR count). The van der Waals surface area contributed by atoms with Gasteiger partial charge in [0, 0.05) is 6.04 Å². The number of nitrogens with two attached hydrogens (primary N) is 1. The summed E-state index contributed by atoms with van der Waals surface area (Å²) >= 11 is 0. The third-order valence-electron chi connectivity index (χ3n) is 3.52. The monoisotopic (exact) mass is 227 g/mol. The highest BCUT2D eigenvalue weighted by molar-refractivity contribution is 5.85. The molecule has 1 aromatic rings. The van der Waals surface area contributed by atoms with Crippen LogP contribution in [0.3, 0.4) is 0 Å². The fourth-order valence-electron chi connectivity index (χ4n) is 1.75. The van der Waals surface area contributed by atoms with Gasteiger partial charge in [-0.25, -0.2) is 0 Å². The maximum atomic E-state index is 6.29. The van der Waals surface area contributed by atoms with E-state index in [1.807, 2.05) is 6.07 Å². The van der Waals surface area contributed by atoms with Gasteiger partial charge in [-0.15, -0.1) is 12.4 Å². The molecule has 0 bridgehead atoms. The van der Waals surface area contributed by atoms with E-state index in [9.17, 15) is 0 Å². The van der Waals surface area contributed by atoms with Gasteiger partial charge in [0.1, 0.15) is 0 Å². The Morgan fingerprint density at radius 1 is 1.13 bits per heavy atom. The van der Waals surface area contributed by atoms with Crippen LogP contribution in [0.2, 0.25) is 0 Å². The van der Waals surface area contributed by atoms with Crippen molar-refractivity contribution in [2.75, 3.05) is 0 Å². The van der Waals surface area contributed by atoms with E-state index in [2.05, 4.69) is 45.0 Å². The minimum absolute atomic E-state index is 0. The average molecular weight is 228 g/mol. The van der Waals surface area contributed by atoms with Crippen LogP contribution in [-0.2, 0) is 0 Å². The molecular formula is C13H22ClN. The third-order valence-corrected chi connectivity index (χ3v) is 3.52. The van der Waals surface area contributed by atoms with Crippen LogP contribution in [0.5, 0.6) is 0 Å². The predicted octanol–water partition coefficient (Wildman–Crippen LogP) is 3.93. The molecule has 0 amide bonds. The van der Waals surface area contributed by atoms with Crippen molar-refractivity contribution < 1.29 is 0 Å². The molecule has 0 aliphatic carbocycles. The van der Waals surface area contributed by atoms with Crippen LogP contribution in [-0.4, -0.2) is 0 Å². The van der Waals surface area contributed by atoms with E-state index in [1.54, 1.807) is 0 Å². The highest BCUT2D eigenvalue weighted by Gasteiger charge is 2.28. The van der Waals surface area contributed by atoms with Crippen molar-refractivity contribution in [1.29, 1.82) is 0 Å². The van der Waals surface area contributed by atoms with Gasteiger partial charge >= 0.3 is 0 Å².